The Bertz CT molecular complexity index is 524. The van der Waals surface area contributed by atoms with Crippen molar-refractivity contribution in [2.45, 2.75) is 45.2 Å². The van der Waals surface area contributed by atoms with E-state index >= 15 is 0 Å². The highest BCUT2D eigenvalue weighted by atomic mass is 79.9. The molecule has 2 aromatic rings. The summed E-state index contributed by atoms with van der Waals surface area (Å²) in [5, 5.41) is 3.72. The maximum atomic E-state index is 3.72. The molecule has 112 valence electrons. The fraction of sp³-hybridized carbons (Fsp3) is 0.368. The van der Waals surface area contributed by atoms with E-state index in [1.165, 1.54) is 36.8 Å². The van der Waals surface area contributed by atoms with Crippen molar-refractivity contribution in [3.8, 4) is 0 Å². The molecule has 0 aliphatic rings. The highest BCUT2D eigenvalue weighted by Gasteiger charge is 2.10. The summed E-state index contributed by atoms with van der Waals surface area (Å²) in [6.45, 7) is 3.16. The van der Waals surface area contributed by atoms with E-state index in [2.05, 4.69) is 82.8 Å². The minimum absolute atomic E-state index is 0.441. The smallest absolute Gasteiger partial charge is 0.0323 e. The van der Waals surface area contributed by atoms with Gasteiger partial charge in [0.1, 0.15) is 0 Å². The zero-order valence-corrected chi connectivity index (χ0v) is 14.3. The van der Waals surface area contributed by atoms with Gasteiger partial charge in [-0.1, -0.05) is 84.6 Å². The third kappa shape index (κ3) is 5.64. The summed E-state index contributed by atoms with van der Waals surface area (Å²) >= 11 is 3.54. The van der Waals surface area contributed by atoms with E-state index in [4.69, 9.17) is 0 Å². The first-order valence-corrected chi connectivity index (χ1v) is 8.61. The molecule has 0 spiro atoms. The van der Waals surface area contributed by atoms with Crippen molar-refractivity contribution in [3.63, 3.8) is 0 Å². The van der Waals surface area contributed by atoms with Crippen LogP contribution in [0, 0.1) is 0 Å². The number of benzene rings is 2. The second kappa shape index (κ2) is 9.01. The van der Waals surface area contributed by atoms with Gasteiger partial charge in [-0.2, -0.15) is 0 Å². The number of nitrogens with one attached hydrogen (secondary N) is 1. The van der Waals surface area contributed by atoms with Crippen LogP contribution in [0.5, 0.6) is 0 Å². The van der Waals surface area contributed by atoms with Gasteiger partial charge in [-0.05, 0) is 29.7 Å². The van der Waals surface area contributed by atoms with Crippen LogP contribution in [0.4, 0.5) is 0 Å². The summed E-state index contributed by atoms with van der Waals surface area (Å²) in [5.41, 5.74) is 2.71. The quantitative estimate of drug-likeness (QED) is 0.590. The third-order valence-electron chi connectivity index (χ3n) is 3.74. The summed E-state index contributed by atoms with van der Waals surface area (Å²) in [6, 6.07) is 19.8. The van der Waals surface area contributed by atoms with Gasteiger partial charge in [0.15, 0.2) is 0 Å². The molecule has 1 unspecified atom stereocenters. The molecule has 1 nitrogen and oxygen atoms in total. The molecule has 21 heavy (non-hydrogen) atoms. The Morgan fingerprint density at radius 2 is 1.81 bits per heavy atom. The average molecular weight is 346 g/mol. The third-order valence-corrected chi connectivity index (χ3v) is 4.23. The van der Waals surface area contributed by atoms with Crippen molar-refractivity contribution >= 4 is 15.9 Å². The molecule has 0 aliphatic carbocycles. The molecule has 0 bridgehead atoms. The van der Waals surface area contributed by atoms with Crippen LogP contribution in [-0.4, -0.2) is 0 Å². The maximum absolute atomic E-state index is 3.72. The van der Waals surface area contributed by atoms with Crippen LogP contribution in [0.3, 0.4) is 0 Å². The van der Waals surface area contributed by atoms with Crippen LogP contribution < -0.4 is 5.32 Å². The number of rotatable bonds is 8. The van der Waals surface area contributed by atoms with Gasteiger partial charge in [-0.25, -0.2) is 0 Å². The van der Waals surface area contributed by atoms with Gasteiger partial charge in [0, 0.05) is 17.1 Å². The fourth-order valence-corrected chi connectivity index (χ4v) is 3.01. The molecule has 0 heterocycles. The van der Waals surface area contributed by atoms with E-state index in [1.807, 2.05) is 0 Å². The largest absolute Gasteiger partial charge is 0.306 e. The summed E-state index contributed by atoms with van der Waals surface area (Å²) in [4.78, 5) is 0. The van der Waals surface area contributed by atoms with Crippen LogP contribution >= 0.6 is 15.9 Å². The number of hydrogen-bond donors (Lipinski definition) is 1. The number of unbranched alkanes of at least 4 members (excludes halogenated alkanes) is 2. The minimum Gasteiger partial charge on any atom is -0.306 e. The van der Waals surface area contributed by atoms with Gasteiger partial charge in [-0.15, -0.1) is 0 Å². The van der Waals surface area contributed by atoms with Gasteiger partial charge in [-0.3, -0.25) is 0 Å². The highest BCUT2D eigenvalue weighted by molar-refractivity contribution is 9.10. The first kappa shape index (κ1) is 16.3. The van der Waals surface area contributed by atoms with Gasteiger partial charge in [0.05, 0.1) is 0 Å². The summed E-state index contributed by atoms with van der Waals surface area (Å²) in [7, 11) is 0. The Morgan fingerprint density at radius 3 is 2.52 bits per heavy atom. The first-order valence-electron chi connectivity index (χ1n) is 7.82. The van der Waals surface area contributed by atoms with E-state index in [0.29, 0.717) is 6.04 Å². The van der Waals surface area contributed by atoms with Crippen LogP contribution in [0.15, 0.2) is 59.1 Å². The van der Waals surface area contributed by atoms with E-state index in [-0.39, 0.29) is 0 Å². The van der Waals surface area contributed by atoms with Crippen molar-refractivity contribution in [2.24, 2.45) is 0 Å². The lowest BCUT2D eigenvalue weighted by Crippen LogP contribution is -2.21. The van der Waals surface area contributed by atoms with Crippen LogP contribution in [0.1, 0.15) is 49.8 Å². The maximum Gasteiger partial charge on any atom is 0.0323 e. The monoisotopic (exact) mass is 345 g/mol. The van der Waals surface area contributed by atoms with Crippen LogP contribution in [-0.2, 0) is 6.54 Å². The van der Waals surface area contributed by atoms with Crippen molar-refractivity contribution in [2.75, 3.05) is 0 Å². The molecule has 2 heteroatoms. The fourth-order valence-electron chi connectivity index (χ4n) is 2.56. The Balaban J connectivity index is 1.98. The van der Waals surface area contributed by atoms with Crippen LogP contribution in [0.25, 0.3) is 0 Å². The lowest BCUT2D eigenvalue weighted by atomic mass is 10.00. The topological polar surface area (TPSA) is 12.0 Å². The Kier molecular flexibility index (Phi) is 6.98. The molecule has 0 aliphatic heterocycles. The lowest BCUT2D eigenvalue weighted by Gasteiger charge is -2.19. The summed E-state index contributed by atoms with van der Waals surface area (Å²) in [5.74, 6) is 0. The average Bonchev–Trinajstić information content (AvgIpc) is 2.52. The van der Waals surface area contributed by atoms with Crippen molar-refractivity contribution in [1.82, 2.24) is 5.32 Å². The molecule has 0 saturated carbocycles. The zero-order chi connectivity index (χ0) is 14.9. The van der Waals surface area contributed by atoms with Crippen molar-refractivity contribution in [3.05, 3.63) is 70.2 Å². The normalized spacial score (nSPS) is 12.3. The Labute approximate surface area is 136 Å². The molecule has 1 N–H and O–H groups in total. The van der Waals surface area contributed by atoms with Crippen LogP contribution in [0.2, 0.25) is 0 Å². The van der Waals surface area contributed by atoms with E-state index < -0.39 is 0 Å². The molecule has 0 amide bonds. The van der Waals surface area contributed by atoms with Crippen molar-refractivity contribution in [1.29, 1.82) is 0 Å². The predicted octanol–water partition coefficient (Wildman–Crippen LogP) is 5.86. The standard InChI is InChI=1S/C19H24BrN/c1-2-3-5-13-19(17-10-6-4-7-11-17)21-15-16-9-8-12-18(20)14-16/h4,6-12,14,19,21H,2-3,5,13,15H2,1H3. The first-order chi connectivity index (χ1) is 10.3. The molecule has 1 atom stereocenters. The number of halogens is 1. The van der Waals surface area contributed by atoms with Gasteiger partial charge >= 0.3 is 0 Å². The Morgan fingerprint density at radius 1 is 1.00 bits per heavy atom. The number of hydrogen-bond acceptors (Lipinski definition) is 1. The second-order valence-electron chi connectivity index (χ2n) is 5.47. The van der Waals surface area contributed by atoms with Gasteiger partial charge in [0.2, 0.25) is 0 Å². The van der Waals surface area contributed by atoms with Crippen molar-refractivity contribution < 1.29 is 0 Å². The summed E-state index contributed by atoms with van der Waals surface area (Å²) < 4.78 is 1.14. The zero-order valence-electron chi connectivity index (χ0n) is 12.7. The van der Waals surface area contributed by atoms with E-state index in [0.717, 1.165) is 11.0 Å². The Hall–Kier alpha value is -1.12. The lowest BCUT2D eigenvalue weighted by molar-refractivity contribution is 0.473. The minimum atomic E-state index is 0.441. The summed E-state index contributed by atoms with van der Waals surface area (Å²) in [6.07, 6.45) is 5.06. The molecular weight excluding hydrogens is 322 g/mol. The molecule has 0 fully saturated rings. The highest BCUT2D eigenvalue weighted by Crippen LogP contribution is 2.21. The van der Waals surface area contributed by atoms with E-state index in [9.17, 15) is 0 Å². The SMILES string of the molecule is CCCCCC(NCc1cccc(Br)c1)c1ccccc1. The predicted molar refractivity (Wildman–Crippen MR) is 94.3 cm³/mol. The molecule has 2 rings (SSSR count). The molecule has 0 saturated heterocycles. The van der Waals surface area contributed by atoms with Gasteiger partial charge in [0.25, 0.3) is 0 Å². The molecule has 0 aromatic heterocycles. The molecular formula is C19H24BrN. The van der Waals surface area contributed by atoms with E-state index in [1.54, 1.807) is 0 Å². The second-order valence-corrected chi connectivity index (χ2v) is 6.39. The molecule has 0 radical (unpaired) electrons. The van der Waals surface area contributed by atoms with Gasteiger partial charge < -0.3 is 5.32 Å². The molecule has 2 aromatic carbocycles.